The number of benzene rings is 2. The Labute approximate surface area is 131 Å². The van der Waals surface area contributed by atoms with Gasteiger partial charge in [-0.25, -0.2) is 4.39 Å². The summed E-state index contributed by atoms with van der Waals surface area (Å²) in [5.74, 6) is -0.211. The zero-order chi connectivity index (χ0) is 14.8. The molecule has 0 bridgehead atoms. The van der Waals surface area contributed by atoms with Crippen molar-refractivity contribution in [2.45, 2.75) is 13.5 Å². The van der Waals surface area contributed by atoms with E-state index in [1.165, 1.54) is 28.7 Å². The van der Waals surface area contributed by atoms with Gasteiger partial charge in [-0.2, -0.15) is 0 Å². The van der Waals surface area contributed by atoms with Crippen molar-refractivity contribution in [2.24, 2.45) is 0 Å². The van der Waals surface area contributed by atoms with Crippen molar-refractivity contribution in [2.75, 3.05) is 11.9 Å². The molecule has 0 amide bonds. The molecule has 3 rings (SSSR count). The summed E-state index contributed by atoms with van der Waals surface area (Å²) in [5, 5.41) is 4.55. The number of fused-ring (bicyclic) bond motifs is 1. The first kappa shape index (κ1) is 14.1. The molecule has 108 valence electrons. The molecule has 0 aliphatic carbocycles. The molecular weight excluding hydrogens is 331 g/mol. The van der Waals surface area contributed by atoms with Crippen LogP contribution in [0.5, 0.6) is 0 Å². The van der Waals surface area contributed by atoms with Crippen LogP contribution < -0.4 is 5.32 Å². The minimum Gasteiger partial charge on any atom is -0.383 e. The molecular formula is C17H16BrFN2. The summed E-state index contributed by atoms with van der Waals surface area (Å²) in [4.78, 5) is 0. The highest BCUT2D eigenvalue weighted by Gasteiger charge is 2.10. The van der Waals surface area contributed by atoms with E-state index in [0.29, 0.717) is 0 Å². The van der Waals surface area contributed by atoms with E-state index >= 15 is 0 Å². The van der Waals surface area contributed by atoms with Gasteiger partial charge in [-0.1, -0.05) is 18.2 Å². The van der Waals surface area contributed by atoms with E-state index in [1.807, 2.05) is 6.07 Å². The lowest BCUT2D eigenvalue weighted by atomic mass is 10.2. The van der Waals surface area contributed by atoms with E-state index in [2.05, 4.69) is 50.9 Å². The molecule has 0 aliphatic heterocycles. The van der Waals surface area contributed by atoms with Gasteiger partial charge in [-0.3, -0.25) is 0 Å². The van der Waals surface area contributed by atoms with Gasteiger partial charge >= 0.3 is 0 Å². The number of nitrogens with one attached hydrogen (secondary N) is 1. The summed E-state index contributed by atoms with van der Waals surface area (Å²) in [7, 11) is 0. The molecule has 2 aromatic carbocycles. The Kier molecular flexibility index (Phi) is 3.97. The van der Waals surface area contributed by atoms with E-state index in [0.717, 1.165) is 23.2 Å². The highest BCUT2D eigenvalue weighted by molar-refractivity contribution is 9.10. The van der Waals surface area contributed by atoms with Crippen LogP contribution in [0.25, 0.3) is 10.9 Å². The first-order valence-electron chi connectivity index (χ1n) is 6.89. The lowest BCUT2D eigenvalue weighted by Crippen LogP contribution is -2.11. The Morgan fingerprint density at radius 1 is 1.10 bits per heavy atom. The molecule has 0 saturated heterocycles. The summed E-state index contributed by atoms with van der Waals surface area (Å²) < 4.78 is 16.3. The lowest BCUT2D eigenvalue weighted by Gasteiger charge is -2.10. The Morgan fingerprint density at radius 2 is 1.81 bits per heavy atom. The summed E-state index contributed by atoms with van der Waals surface area (Å²) in [5.41, 5.74) is 3.38. The van der Waals surface area contributed by atoms with Crippen molar-refractivity contribution >= 4 is 32.5 Å². The molecule has 0 unspecified atom stereocenters. The first-order chi connectivity index (χ1) is 10.2. The minimum atomic E-state index is -0.211. The van der Waals surface area contributed by atoms with Gasteiger partial charge in [0.25, 0.3) is 0 Å². The molecule has 0 spiro atoms. The van der Waals surface area contributed by atoms with Crippen LogP contribution in [-0.2, 0) is 6.54 Å². The lowest BCUT2D eigenvalue weighted by molar-refractivity contribution is 0.628. The Morgan fingerprint density at radius 3 is 2.57 bits per heavy atom. The smallest absolute Gasteiger partial charge is 0.123 e. The maximum Gasteiger partial charge on any atom is 0.123 e. The summed E-state index contributed by atoms with van der Waals surface area (Å²) >= 11 is 3.66. The molecule has 0 fully saturated rings. The molecule has 3 aromatic rings. The number of hydrogen-bond donors (Lipinski definition) is 1. The Hall–Kier alpha value is -1.81. The van der Waals surface area contributed by atoms with Crippen molar-refractivity contribution < 1.29 is 4.39 Å². The van der Waals surface area contributed by atoms with Crippen molar-refractivity contribution in [3.05, 3.63) is 64.5 Å². The van der Waals surface area contributed by atoms with E-state index in [4.69, 9.17) is 0 Å². The fraction of sp³-hybridized carbons (Fsp3) is 0.176. The summed E-state index contributed by atoms with van der Waals surface area (Å²) in [6.45, 7) is 3.76. The van der Waals surface area contributed by atoms with Crippen LogP contribution in [0.2, 0.25) is 0 Å². The van der Waals surface area contributed by atoms with Crippen LogP contribution in [0.15, 0.2) is 53.0 Å². The molecule has 0 radical (unpaired) electrons. The highest BCUT2D eigenvalue weighted by Crippen LogP contribution is 2.30. The second-order valence-electron chi connectivity index (χ2n) is 5.00. The third-order valence-corrected chi connectivity index (χ3v) is 4.66. The number of para-hydroxylation sites is 1. The molecule has 4 heteroatoms. The largest absolute Gasteiger partial charge is 0.383 e. The molecule has 0 atom stereocenters. The van der Waals surface area contributed by atoms with Crippen molar-refractivity contribution in [1.29, 1.82) is 0 Å². The van der Waals surface area contributed by atoms with Gasteiger partial charge in [-0.15, -0.1) is 0 Å². The van der Waals surface area contributed by atoms with E-state index in [-0.39, 0.29) is 5.82 Å². The predicted molar refractivity (Wildman–Crippen MR) is 89.3 cm³/mol. The molecule has 1 heterocycles. The van der Waals surface area contributed by atoms with E-state index in [1.54, 1.807) is 12.1 Å². The number of rotatable bonds is 4. The average Bonchev–Trinajstić information content (AvgIpc) is 2.75. The SMILES string of the molecule is Cc1c(Br)c2ccccc2n1CCNc1ccc(F)cc1. The van der Waals surface area contributed by atoms with Gasteiger partial charge in [0, 0.05) is 39.8 Å². The van der Waals surface area contributed by atoms with Gasteiger partial charge in [-0.05, 0) is 53.2 Å². The van der Waals surface area contributed by atoms with Crippen molar-refractivity contribution in [3.8, 4) is 0 Å². The van der Waals surface area contributed by atoms with Crippen LogP contribution in [0.4, 0.5) is 10.1 Å². The maximum atomic E-state index is 12.9. The van der Waals surface area contributed by atoms with Crippen LogP contribution in [0.1, 0.15) is 5.69 Å². The molecule has 0 saturated carbocycles. The molecule has 1 N–H and O–H groups in total. The zero-order valence-corrected chi connectivity index (χ0v) is 13.3. The van der Waals surface area contributed by atoms with E-state index < -0.39 is 0 Å². The van der Waals surface area contributed by atoms with Gasteiger partial charge in [0.15, 0.2) is 0 Å². The van der Waals surface area contributed by atoms with Crippen LogP contribution in [0, 0.1) is 12.7 Å². The van der Waals surface area contributed by atoms with Crippen LogP contribution in [-0.4, -0.2) is 11.1 Å². The molecule has 2 nitrogen and oxygen atoms in total. The zero-order valence-electron chi connectivity index (χ0n) is 11.7. The second-order valence-corrected chi connectivity index (χ2v) is 5.79. The van der Waals surface area contributed by atoms with Gasteiger partial charge in [0.2, 0.25) is 0 Å². The number of nitrogens with zero attached hydrogens (tertiary/aromatic N) is 1. The Bertz CT molecular complexity index is 762. The van der Waals surface area contributed by atoms with Gasteiger partial charge in [0.05, 0.1) is 0 Å². The predicted octanol–water partition coefficient (Wildman–Crippen LogP) is 4.96. The molecule has 21 heavy (non-hydrogen) atoms. The quantitative estimate of drug-likeness (QED) is 0.706. The maximum absolute atomic E-state index is 12.9. The van der Waals surface area contributed by atoms with Crippen molar-refractivity contribution in [1.82, 2.24) is 4.57 Å². The topological polar surface area (TPSA) is 17.0 Å². The average molecular weight is 347 g/mol. The fourth-order valence-corrected chi connectivity index (χ4v) is 3.11. The van der Waals surface area contributed by atoms with Crippen LogP contribution >= 0.6 is 15.9 Å². The third-order valence-electron chi connectivity index (χ3n) is 3.66. The molecule has 1 aromatic heterocycles. The first-order valence-corrected chi connectivity index (χ1v) is 7.69. The monoisotopic (exact) mass is 346 g/mol. The number of aromatic nitrogens is 1. The third kappa shape index (κ3) is 2.81. The second kappa shape index (κ2) is 5.90. The number of anilines is 1. The van der Waals surface area contributed by atoms with E-state index in [9.17, 15) is 4.39 Å². The summed E-state index contributed by atoms with van der Waals surface area (Å²) in [6.07, 6.45) is 0. The minimum absolute atomic E-state index is 0.211. The van der Waals surface area contributed by atoms with Crippen molar-refractivity contribution in [3.63, 3.8) is 0 Å². The Balaban J connectivity index is 1.76. The molecule has 0 aliphatic rings. The van der Waals surface area contributed by atoms with Crippen LogP contribution in [0.3, 0.4) is 0 Å². The highest BCUT2D eigenvalue weighted by atomic mass is 79.9. The summed E-state index contributed by atoms with van der Waals surface area (Å²) in [6, 6.07) is 14.8. The fourth-order valence-electron chi connectivity index (χ4n) is 2.56. The standard InChI is InChI=1S/C17H16BrFN2/c1-12-17(18)15-4-2-3-5-16(15)21(12)11-10-20-14-8-6-13(19)7-9-14/h2-9,20H,10-11H2,1H3. The van der Waals surface area contributed by atoms with Gasteiger partial charge in [0.1, 0.15) is 5.82 Å². The van der Waals surface area contributed by atoms with Gasteiger partial charge < -0.3 is 9.88 Å². The normalized spacial score (nSPS) is 11.0. The number of hydrogen-bond acceptors (Lipinski definition) is 1. The number of halogens is 2.